The fraction of sp³-hybridized carbons (Fsp3) is 0.188. The second-order valence-electron chi connectivity index (χ2n) is 4.56. The van der Waals surface area contributed by atoms with Crippen LogP contribution in [-0.2, 0) is 0 Å². The Morgan fingerprint density at radius 3 is 2.26 bits per heavy atom. The van der Waals surface area contributed by atoms with Gasteiger partial charge in [-0.2, -0.15) is 0 Å². The standard InChI is InChI=1S/C16H16O3/c1-10-4-6-12(14(9-10)16(17)18)13-8-11(2)5-7-15(13)19-3/h4-9H,1-3H3,(H,17,18). The van der Waals surface area contributed by atoms with Crippen molar-refractivity contribution >= 4 is 5.97 Å². The molecule has 0 fully saturated rings. The van der Waals surface area contributed by atoms with Gasteiger partial charge in [0.2, 0.25) is 0 Å². The van der Waals surface area contributed by atoms with Crippen molar-refractivity contribution in [1.82, 2.24) is 0 Å². The lowest BCUT2D eigenvalue weighted by Crippen LogP contribution is -2.01. The predicted octanol–water partition coefficient (Wildman–Crippen LogP) is 3.68. The quantitative estimate of drug-likeness (QED) is 0.911. The first kappa shape index (κ1) is 13.1. The van der Waals surface area contributed by atoms with E-state index in [2.05, 4.69) is 0 Å². The highest BCUT2D eigenvalue weighted by Crippen LogP contribution is 2.33. The van der Waals surface area contributed by atoms with E-state index in [-0.39, 0.29) is 0 Å². The molecule has 0 aliphatic carbocycles. The average molecular weight is 256 g/mol. The van der Waals surface area contributed by atoms with Crippen molar-refractivity contribution in [1.29, 1.82) is 0 Å². The minimum Gasteiger partial charge on any atom is -0.496 e. The van der Waals surface area contributed by atoms with Crippen molar-refractivity contribution in [2.45, 2.75) is 13.8 Å². The van der Waals surface area contributed by atoms with Crippen LogP contribution >= 0.6 is 0 Å². The van der Waals surface area contributed by atoms with Gasteiger partial charge in [-0.05, 0) is 37.6 Å². The molecule has 0 amide bonds. The van der Waals surface area contributed by atoms with E-state index in [4.69, 9.17) is 4.74 Å². The van der Waals surface area contributed by atoms with Crippen LogP contribution in [-0.4, -0.2) is 18.2 Å². The van der Waals surface area contributed by atoms with E-state index in [1.165, 1.54) is 0 Å². The summed E-state index contributed by atoms with van der Waals surface area (Å²) in [5.41, 5.74) is 3.77. The summed E-state index contributed by atoms with van der Waals surface area (Å²) in [7, 11) is 1.59. The van der Waals surface area contributed by atoms with Gasteiger partial charge in [0, 0.05) is 5.56 Å². The zero-order valence-corrected chi connectivity index (χ0v) is 11.2. The molecule has 0 saturated carbocycles. The first-order valence-corrected chi connectivity index (χ1v) is 6.02. The second kappa shape index (κ2) is 5.14. The molecule has 98 valence electrons. The Hall–Kier alpha value is -2.29. The van der Waals surface area contributed by atoms with Crippen molar-refractivity contribution in [2.75, 3.05) is 7.11 Å². The third kappa shape index (κ3) is 2.60. The van der Waals surface area contributed by atoms with Gasteiger partial charge < -0.3 is 9.84 Å². The van der Waals surface area contributed by atoms with Crippen LogP contribution < -0.4 is 4.74 Å². The monoisotopic (exact) mass is 256 g/mol. The minimum atomic E-state index is -0.928. The molecule has 3 heteroatoms. The van der Waals surface area contributed by atoms with Gasteiger partial charge in [0.05, 0.1) is 12.7 Å². The molecular weight excluding hydrogens is 240 g/mol. The molecular formula is C16H16O3. The van der Waals surface area contributed by atoms with Gasteiger partial charge in [-0.25, -0.2) is 4.79 Å². The highest BCUT2D eigenvalue weighted by molar-refractivity contribution is 5.97. The van der Waals surface area contributed by atoms with Gasteiger partial charge in [-0.15, -0.1) is 0 Å². The van der Waals surface area contributed by atoms with E-state index < -0.39 is 5.97 Å². The highest BCUT2D eigenvalue weighted by atomic mass is 16.5. The SMILES string of the molecule is COc1ccc(C)cc1-c1ccc(C)cc1C(=O)O. The van der Waals surface area contributed by atoms with Gasteiger partial charge in [-0.3, -0.25) is 0 Å². The van der Waals surface area contributed by atoms with Gasteiger partial charge in [0.25, 0.3) is 0 Å². The summed E-state index contributed by atoms with van der Waals surface area (Å²) in [4.78, 5) is 11.4. The lowest BCUT2D eigenvalue weighted by atomic mass is 9.96. The molecule has 0 aliphatic heterocycles. The summed E-state index contributed by atoms with van der Waals surface area (Å²) in [5.74, 6) is -0.251. The van der Waals surface area contributed by atoms with Gasteiger partial charge in [-0.1, -0.05) is 29.3 Å². The second-order valence-corrected chi connectivity index (χ2v) is 4.56. The molecule has 0 spiro atoms. The van der Waals surface area contributed by atoms with E-state index in [9.17, 15) is 9.90 Å². The Morgan fingerprint density at radius 2 is 1.63 bits per heavy atom. The fourth-order valence-corrected chi connectivity index (χ4v) is 2.10. The van der Waals surface area contributed by atoms with Crippen molar-refractivity contribution < 1.29 is 14.6 Å². The largest absolute Gasteiger partial charge is 0.496 e. The Kier molecular flexibility index (Phi) is 3.56. The number of carboxylic acids is 1. The number of hydrogen-bond donors (Lipinski definition) is 1. The number of carbonyl (C=O) groups is 1. The average Bonchev–Trinajstić information content (AvgIpc) is 2.38. The number of aryl methyl sites for hydroxylation is 2. The van der Waals surface area contributed by atoms with Crippen molar-refractivity contribution in [2.24, 2.45) is 0 Å². The molecule has 0 heterocycles. The van der Waals surface area contributed by atoms with Crippen LogP contribution in [0.4, 0.5) is 0 Å². The van der Waals surface area contributed by atoms with Crippen LogP contribution in [0, 0.1) is 13.8 Å². The molecule has 2 rings (SSSR count). The number of benzene rings is 2. The van der Waals surface area contributed by atoms with E-state index in [1.807, 2.05) is 44.2 Å². The number of ether oxygens (including phenoxy) is 1. The van der Waals surface area contributed by atoms with Crippen LogP contribution in [0.1, 0.15) is 21.5 Å². The van der Waals surface area contributed by atoms with Crippen LogP contribution in [0.3, 0.4) is 0 Å². The van der Waals surface area contributed by atoms with E-state index in [0.29, 0.717) is 16.9 Å². The Labute approximate surface area is 112 Å². The van der Waals surface area contributed by atoms with Crippen molar-refractivity contribution in [3.05, 3.63) is 53.1 Å². The molecule has 19 heavy (non-hydrogen) atoms. The molecule has 0 aliphatic rings. The lowest BCUT2D eigenvalue weighted by molar-refractivity contribution is 0.0697. The summed E-state index contributed by atoms with van der Waals surface area (Å²) < 4.78 is 5.33. The summed E-state index contributed by atoms with van der Waals surface area (Å²) in [5, 5.41) is 9.34. The maximum absolute atomic E-state index is 11.4. The lowest BCUT2D eigenvalue weighted by Gasteiger charge is -2.12. The van der Waals surface area contributed by atoms with E-state index >= 15 is 0 Å². The van der Waals surface area contributed by atoms with Crippen LogP contribution in [0.15, 0.2) is 36.4 Å². The minimum absolute atomic E-state index is 0.295. The molecule has 0 bridgehead atoms. The summed E-state index contributed by atoms with van der Waals surface area (Å²) >= 11 is 0. The third-order valence-corrected chi connectivity index (χ3v) is 3.05. The number of rotatable bonds is 3. The van der Waals surface area contributed by atoms with Gasteiger partial charge in [0.1, 0.15) is 5.75 Å². The Bertz CT molecular complexity index is 630. The third-order valence-electron chi connectivity index (χ3n) is 3.05. The van der Waals surface area contributed by atoms with Crippen LogP contribution in [0.25, 0.3) is 11.1 Å². The molecule has 0 unspecified atom stereocenters. The van der Waals surface area contributed by atoms with E-state index in [1.54, 1.807) is 13.2 Å². The maximum Gasteiger partial charge on any atom is 0.336 e. The number of hydrogen-bond acceptors (Lipinski definition) is 2. The smallest absolute Gasteiger partial charge is 0.336 e. The van der Waals surface area contributed by atoms with Crippen LogP contribution in [0.2, 0.25) is 0 Å². The molecule has 0 aromatic heterocycles. The topological polar surface area (TPSA) is 46.5 Å². The molecule has 0 atom stereocenters. The molecule has 0 saturated heterocycles. The van der Waals surface area contributed by atoms with Gasteiger partial charge in [0.15, 0.2) is 0 Å². The predicted molar refractivity (Wildman–Crippen MR) is 74.9 cm³/mol. The first-order chi connectivity index (χ1) is 9.02. The molecule has 0 radical (unpaired) electrons. The van der Waals surface area contributed by atoms with E-state index in [0.717, 1.165) is 16.7 Å². The number of methoxy groups -OCH3 is 1. The zero-order valence-electron chi connectivity index (χ0n) is 11.2. The van der Waals surface area contributed by atoms with Crippen LogP contribution in [0.5, 0.6) is 5.75 Å². The molecule has 2 aromatic carbocycles. The fourth-order valence-electron chi connectivity index (χ4n) is 2.10. The molecule has 1 N–H and O–H groups in total. The molecule has 2 aromatic rings. The summed E-state index contributed by atoms with van der Waals surface area (Å²) in [6.07, 6.45) is 0. The van der Waals surface area contributed by atoms with Crippen molar-refractivity contribution in [3.63, 3.8) is 0 Å². The zero-order chi connectivity index (χ0) is 14.0. The normalized spacial score (nSPS) is 10.3. The Balaban J connectivity index is 2.71. The van der Waals surface area contributed by atoms with Gasteiger partial charge >= 0.3 is 5.97 Å². The Morgan fingerprint density at radius 1 is 1.00 bits per heavy atom. The maximum atomic E-state index is 11.4. The number of aromatic carboxylic acids is 1. The van der Waals surface area contributed by atoms with Crippen molar-refractivity contribution in [3.8, 4) is 16.9 Å². The summed E-state index contributed by atoms with van der Waals surface area (Å²) in [6, 6.07) is 11.2. The highest BCUT2D eigenvalue weighted by Gasteiger charge is 2.15. The summed E-state index contributed by atoms with van der Waals surface area (Å²) in [6.45, 7) is 3.85. The first-order valence-electron chi connectivity index (χ1n) is 6.02. The number of carboxylic acid groups (broad SMARTS) is 1. The molecule has 3 nitrogen and oxygen atoms in total.